The molecule has 1 aliphatic carbocycles. The van der Waals surface area contributed by atoms with Crippen molar-refractivity contribution in [1.29, 1.82) is 0 Å². The quantitative estimate of drug-likeness (QED) is 0.430. The second-order valence-corrected chi connectivity index (χ2v) is 9.99. The van der Waals surface area contributed by atoms with Crippen LogP contribution in [0.5, 0.6) is 0 Å². The first-order valence-electron chi connectivity index (χ1n) is 9.67. The normalized spacial score (nSPS) is 13.3. The van der Waals surface area contributed by atoms with E-state index in [0.29, 0.717) is 10.6 Å². The second kappa shape index (κ2) is 6.42. The van der Waals surface area contributed by atoms with Gasteiger partial charge in [0.2, 0.25) is 0 Å². The number of hydrogen-bond acceptors (Lipinski definition) is 4. The zero-order chi connectivity index (χ0) is 20.3. The highest BCUT2D eigenvalue weighted by Crippen LogP contribution is 2.36. The van der Waals surface area contributed by atoms with E-state index in [1.54, 1.807) is 23.5 Å². The molecule has 0 unspecified atom stereocenters. The van der Waals surface area contributed by atoms with Crippen LogP contribution in [0.2, 0.25) is 0 Å². The molecule has 0 saturated carbocycles. The molecule has 1 N–H and O–H groups in total. The minimum Gasteiger partial charge on any atom is -0.297 e. The summed E-state index contributed by atoms with van der Waals surface area (Å²) in [6.07, 6.45) is 5.54. The molecule has 0 atom stereocenters. The fourth-order valence-corrected chi connectivity index (χ4v) is 6.33. The second-order valence-electron chi connectivity index (χ2n) is 7.46. The average molecular weight is 432 g/mol. The number of fused-ring (bicyclic) bond motifs is 1. The van der Waals surface area contributed by atoms with Crippen LogP contribution in [0.3, 0.4) is 0 Å². The van der Waals surface area contributed by atoms with Crippen molar-refractivity contribution in [3.8, 4) is 11.3 Å². The monoisotopic (exact) mass is 431 g/mol. The molecule has 0 aliphatic heterocycles. The first-order chi connectivity index (χ1) is 14.6. The summed E-state index contributed by atoms with van der Waals surface area (Å²) in [5, 5.41) is 4.17. The Labute approximate surface area is 177 Å². The first kappa shape index (κ1) is 17.7. The molecule has 0 bridgehead atoms. The van der Waals surface area contributed by atoms with Crippen LogP contribution in [0.15, 0.2) is 77.3 Å². The number of aryl methyl sites for hydroxylation is 2. The lowest BCUT2D eigenvalue weighted by Crippen LogP contribution is -2.14. The minimum atomic E-state index is -3.70. The summed E-state index contributed by atoms with van der Waals surface area (Å²) in [5.41, 5.74) is 4.36. The van der Waals surface area contributed by atoms with Gasteiger partial charge in [-0.2, -0.15) is 0 Å². The van der Waals surface area contributed by atoms with Gasteiger partial charge in [0.25, 0.3) is 10.0 Å². The minimum absolute atomic E-state index is 0.368. The van der Waals surface area contributed by atoms with Crippen molar-refractivity contribution < 1.29 is 8.42 Å². The van der Waals surface area contributed by atoms with Gasteiger partial charge in [0.1, 0.15) is 0 Å². The Kier molecular flexibility index (Phi) is 3.78. The van der Waals surface area contributed by atoms with E-state index < -0.39 is 10.0 Å². The number of rotatable bonds is 4. The van der Waals surface area contributed by atoms with Crippen molar-refractivity contribution in [3.05, 3.63) is 83.5 Å². The molecule has 0 amide bonds. The van der Waals surface area contributed by atoms with E-state index >= 15 is 0 Å². The molecule has 148 valence electrons. The van der Waals surface area contributed by atoms with E-state index in [1.165, 1.54) is 5.56 Å². The van der Waals surface area contributed by atoms with Crippen LogP contribution in [-0.4, -0.2) is 17.8 Å². The molecule has 30 heavy (non-hydrogen) atoms. The van der Waals surface area contributed by atoms with Crippen molar-refractivity contribution in [2.75, 3.05) is 4.72 Å². The molecule has 2 heterocycles. The molecule has 0 radical (unpaired) electrons. The lowest BCUT2D eigenvalue weighted by molar-refractivity contribution is 0.600. The van der Waals surface area contributed by atoms with Crippen molar-refractivity contribution in [3.63, 3.8) is 0 Å². The highest BCUT2D eigenvalue weighted by atomic mass is 32.2. The number of benzene rings is 3. The smallest absolute Gasteiger partial charge is 0.262 e. The molecule has 3 aromatic carbocycles. The summed E-state index contributed by atoms with van der Waals surface area (Å²) in [4.78, 5) is 5.89. The Balaban J connectivity index is 1.38. The Bertz CT molecular complexity index is 1520. The van der Waals surface area contributed by atoms with E-state index in [1.807, 2.05) is 58.6 Å². The van der Waals surface area contributed by atoms with E-state index in [4.69, 9.17) is 0 Å². The number of nitrogens with one attached hydrogen (secondary N) is 1. The predicted octanol–water partition coefficient (Wildman–Crippen LogP) is 5.12. The van der Waals surface area contributed by atoms with E-state index in [0.717, 1.165) is 45.4 Å². The molecule has 0 fully saturated rings. The average Bonchev–Trinajstić information content (AvgIpc) is 3.44. The molecular weight excluding hydrogens is 414 g/mol. The fraction of sp³-hybridized carbons (Fsp3) is 0.0870. The van der Waals surface area contributed by atoms with E-state index in [2.05, 4.69) is 15.8 Å². The highest BCUT2D eigenvalue weighted by molar-refractivity contribution is 7.92. The van der Waals surface area contributed by atoms with Gasteiger partial charge in [-0.05, 0) is 52.9 Å². The Morgan fingerprint density at radius 2 is 1.93 bits per heavy atom. The van der Waals surface area contributed by atoms with Crippen LogP contribution < -0.4 is 4.72 Å². The van der Waals surface area contributed by atoms with E-state index in [9.17, 15) is 8.42 Å². The van der Waals surface area contributed by atoms with Crippen molar-refractivity contribution >= 4 is 42.8 Å². The highest BCUT2D eigenvalue weighted by Gasteiger charge is 2.25. The summed E-state index contributed by atoms with van der Waals surface area (Å²) in [7, 11) is -3.70. The van der Waals surface area contributed by atoms with Gasteiger partial charge in [0.15, 0.2) is 4.96 Å². The number of imidazole rings is 1. The van der Waals surface area contributed by atoms with Crippen LogP contribution >= 0.6 is 11.3 Å². The third-order valence-corrected chi connectivity index (χ3v) is 7.87. The SMILES string of the molecule is O=S(=O)(Nc1cccc(-c2cn3ccsc3n2)c1)c1ccc2cccc3c2c1CC3. The predicted molar refractivity (Wildman–Crippen MR) is 121 cm³/mol. The van der Waals surface area contributed by atoms with Crippen LogP contribution in [0.1, 0.15) is 11.1 Å². The zero-order valence-electron chi connectivity index (χ0n) is 15.9. The summed E-state index contributed by atoms with van der Waals surface area (Å²) in [5.74, 6) is 0. The Hall–Kier alpha value is -3.16. The Morgan fingerprint density at radius 3 is 2.83 bits per heavy atom. The van der Waals surface area contributed by atoms with E-state index in [-0.39, 0.29) is 0 Å². The Morgan fingerprint density at radius 1 is 1.03 bits per heavy atom. The zero-order valence-corrected chi connectivity index (χ0v) is 17.5. The lowest BCUT2D eigenvalue weighted by Gasteiger charge is -2.13. The van der Waals surface area contributed by atoms with Gasteiger partial charge >= 0.3 is 0 Å². The molecule has 5 nitrogen and oxygen atoms in total. The molecule has 2 aromatic heterocycles. The number of thiazole rings is 1. The molecule has 5 aromatic rings. The van der Waals surface area contributed by atoms with Crippen molar-refractivity contribution in [2.24, 2.45) is 0 Å². The number of nitrogens with zero attached hydrogens (tertiary/aromatic N) is 2. The largest absolute Gasteiger partial charge is 0.297 e. The topological polar surface area (TPSA) is 63.5 Å². The van der Waals surface area contributed by atoms with Crippen LogP contribution in [0.25, 0.3) is 27.0 Å². The molecular formula is C23H17N3O2S2. The van der Waals surface area contributed by atoms with Gasteiger partial charge in [0, 0.05) is 29.0 Å². The lowest BCUT2D eigenvalue weighted by atomic mass is 10.1. The van der Waals surface area contributed by atoms with Crippen molar-refractivity contribution in [1.82, 2.24) is 9.38 Å². The van der Waals surface area contributed by atoms with Crippen LogP contribution in [0, 0.1) is 0 Å². The first-order valence-corrected chi connectivity index (χ1v) is 12.0. The van der Waals surface area contributed by atoms with Gasteiger partial charge < -0.3 is 0 Å². The maximum atomic E-state index is 13.3. The molecule has 7 heteroatoms. The summed E-state index contributed by atoms with van der Waals surface area (Å²) < 4.78 is 31.3. The van der Waals surface area contributed by atoms with Gasteiger partial charge in [-0.3, -0.25) is 9.12 Å². The number of hydrogen-bond donors (Lipinski definition) is 1. The number of anilines is 1. The maximum Gasteiger partial charge on any atom is 0.262 e. The maximum absolute atomic E-state index is 13.3. The van der Waals surface area contributed by atoms with Gasteiger partial charge in [-0.25, -0.2) is 13.4 Å². The molecule has 6 rings (SSSR count). The number of sulfonamides is 1. The standard InChI is InChI=1S/C23H17N3O2S2/c27-30(28,21-10-8-16-4-1-3-15-7-9-19(21)22(15)16)25-18-6-2-5-17(13-18)20-14-26-11-12-29-23(26)24-20/h1-6,8,10-14,25H,7,9H2. The van der Waals surface area contributed by atoms with Crippen LogP contribution in [0.4, 0.5) is 5.69 Å². The molecule has 1 aliphatic rings. The summed E-state index contributed by atoms with van der Waals surface area (Å²) >= 11 is 1.56. The summed E-state index contributed by atoms with van der Waals surface area (Å²) in [6.45, 7) is 0. The van der Waals surface area contributed by atoms with Gasteiger partial charge in [0.05, 0.1) is 10.6 Å². The fourth-order valence-electron chi connectivity index (χ4n) is 4.30. The summed E-state index contributed by atoms with van der Waals surface area (Å²) in [6, 6.07) is 17.2. The molecule has 0 spiro atoms. The van der Waals surface area contributed by atoms with Crippen LogP contribution in [-0.2, 0) is 22.9 Å². The van der Waals surface area contributed by atoms with Gasteiger partial charge in [-0.1, -0.05) is 36.4 Å². The number of aromatic nitrogens is 2. The molecule has 0 saturated heterocycles. The third-order valence-electron chi connectivity index (χ3n) is 5.63. The van der Waals surface area contributed by atoms with Gasteiger partial charge in [-0.15, -0.1) is 11.3 Å². The third kappa shape index (κ3) is 2.74. The van der Waals surface area contributed by atoms with Crippen molar-refractivity contribution in [2.45, 2.75) is 17.7 Å².